The molecule has 1 aromatic heterocycles. The number of anilines is 1. The summed E-state index contributed by atoms with van der Waals surface area (Å²) in [6.45, 7) is 3.24. The first-order valence-corrected chi connectivity index (χ1v) is 7.11. The van der Waals surface area contributed by atoms with Crippen LogP contribution in [-0.4, -0.2) is 15.4 Å². The predicted octanol–water partition coefficient (Wildman–Crippen LogP) is 2.92. The lowest BCUT2D eigenvalue weighted by molar-refractivity contribution is -0.385. The van der Waals surface area contributed by atoms with Gasteiger partial charge in [0.25, 0.3) is 11.2 Å². The number of nitrogens with one attached hydrogen (secondary N) is 1. The summed E-state index contributed by atoms with van der Waals surface area (Å²) in [6, 6.07) is 6.32. The van der Waals surface area contributed by atoms with Gasteiger partial charge in [0.1, 0.15) is 6.04 Å². The summed E-state index contributed by atoms with van der Waals surface area (Å²) in [5.74, 6) is -0.474. The van der Waals surface area contributed by atoms with Crippen molar-refractivity contribution in [3.05, 3.63) is 67.6 Å². The fraction of sp³-hybridized carbons (Fsp3) is 0.200. The van der Waals surface area contributed by atoms with Gasteiger partial charge in [-0.2, -0.15) is 0 Å². The number of rotatable bonds is 4. The van der Waals surface area contributed by atoms with Crippen LogP contribution in [0, 0.1) is 17.0 Å². The summed E-state index contributed by atoms with van der Waals surface area (Å²) in [5, 5.41) is 14.0. The number of hydrogen-bond donors (Lipinski definition) is 1. The number of carbonyl (C=O) groups excluding carboxylic acids is 1. The van der Waals surface area contributed by atoms with E-state index in [1.54, 1.807) is 25.1 Å². The van der Waals surface area contributed by atoms with Gasteiger partial charge >= 0.3 is 0 Å². The summed E-state index contributed by atoms with van der Waals surface area (Å²) in [4.78, 5) is 34.4. The van der Waals surface area contributed by atoms with E-state index in [4.69, 9.17) is 11.6 Å². The summed E-state index contributed by atoms with van der Waals surface area (Å²) >= 11 is 5.99. The molecule has 0 aliphatic carbocycles. The van der Waals surface area contributed by atoms with E-state index < -0.39 is 22.4 Å². The maximum atomic E-state index is 12.3. The van der Waals surface area contributed by atoms with Crippen LogP contribution in [0.4, 0.5) is 11.4 Å². The molecule has 0 spiro atoms. The van der Waals surface area contributed by atoms with E-state index in [2.05, 4.69) is 5.32 Å². The summed E-state index contributed by atoms with van der Waals surface area (Å²) in [5.41, 5.74) is 0.457. The molecule has 0 saturated carbocycles. The topological polar surface area (TPSA) is 94.2 Å². The second-order valence-electron chi connectivity index (χ2n) is 4.97. The number of carbonyl (C=O) groups is 1. The number of nitro groups is 1. The van der Waals surface area contributed by atoms with Gasteiger partial charge in [-0.05, 0) is 31.5 Å². The molecule has 8 heteroatoms. The lowest BCUT2D eigenvalue weighted by atomic mass is 10.2. The van der Waals surface area contributed by atoms with E-state index in [-0.39, 0.29) is 5.69 Å². The number of nitrogens with zero attached hydrogens (tertiary/aromatic N) is 2. The molecule has 7 nitrogen and oxygen atoms in total. The van der Waals surface area contributed by atoms with Crippen molar-refractivity contribution in [1.29, 1.82) is 0 Å². The van der Waals surface area contributed by atoms with E-state index in [0.717, 1.165) is 22.9 Å². The molecule has 0 aliphatic heterocycles. The third-order valence-electron chi connectivity index (χ3n) is 3.46. The van der Waals surface area contributed by atoms with Gasteiger partial charge in [-0.15, -0.1) is 0 Å². The molecule has 2 rings (SSSR count). The highest BCUT2D eigenvalue weighted by atomic mass is 35.5. The SMILES string of the molecule is Cc1c(Cl)cccc1NC(=O)C(C)n1cc([N+](=O)[O-])ccc1=O. The molecular formula is C15H14ClN3O4. The summed E-state index contributed by atoms with van der Waals surface area (Å²) in [7, 11) is 0. The largest absolute Gasteiger partial charge is 0.324 e. The van der Waals surface area contributed by atoms with Crippen LogP contribution in [-0.2, 0) is 4.79 Å². The van der Waals surface area contributed by atoms with Crippen molar-refractivity contribution in [1.82, 2.24) is 4.57 Å². The Labute approximate surface area is 136 Å². The maximum absolute atomic E-state index is 12.3. The Kier molecular flexibility index (Phi) is 4.80. The van der Waals surface area contributed by atoms with Crippen molar-refractivity contribution in [2.75, 3.05) is 5.32 Å². The molecule has 23 heavy (non-hydrogen) atoms. The Balaban J connectivity index is 2.30. The van der Waals surface area contributed by atoms with Crippen LogP contribution in [0.5, 0.6) is 0 Å². The van der Waals surface area contributed by atoms with E-state index in [1.807, 2.05) is 0 Å². The molecule has 0 radical (unpaired) electrons. The zero-order valence-electron chi connectivity index (χ0n) is 12.4. The van der Waals surface area contributed by atoms with Crippen LogP contribution in [0.15, 0.2) is 41.3 Å². The third kappa shape index (κ3) is 3.57. The smallest absolute Gasteiger partial charge is 0.285 e. The fourth-order valence-electron chi connectivity index (χ4n) is 2.01. The monoisotopic (exact) mass is 335 g/mol. The van der Waals surface area contributed by atoms with Gasteiger partial charge in [0.05, 0.1) is 11.1 Å². The summed E-state index contributed by atoms with van der Waals surface area (Å²) in [6.07, 6.45) is 1.05. The maximum Gasteiger partial charge on any atom is 0.285 e. The Bertz CT molecular complexity index is 832. The molecule has 2 aromatic rings. The zero-order valence-corrected chi connectivity index (χ0v) is 13.2. The first-order chi connectivity index (χ1) is 10.8. The Morgan fingerprint density at radius 2 is 2.04 bits per heavy atom. The molecule has 120 valence electrons. The lowest BCUT2D eigenvalue weighted by Crippen LogP contribution is -2.31. The average molecular weight is 336 g/mol. The lowest BCUT2D eigenvalue weighted by Gasteiger charge is -2.16. The van der Waals surface area contributed by atoms with E-state index in [1.165, 1.54) is 6.92 Å². The molecule has 0 aliphatic rings. The Hall–Kier alpha value is -2.67. The highest BCUT2D eigenvalue weighted by Gasteiger charge is 2.19. The standard InChI is InChI=1S/C15H14ClN3O4/c1-9-12(16)4-3-5-13(9)17-15(21)10(2)18-8-11(19(22)23)6-7-14(18)20/h3-8,10H,1-2H3,(H,17,21). The molecular weight excluding hydrogens is 322 g/mol. The van der Waals surface area contributed by atoms with Crippen molar-refractivity contribution in [3.8, 4) is 0 Å². The number of hydrogen-bond acceptors (Lipinski definition) is 4. The van der Waals surface area contributed by atoms with E-state index in [0.29, 0.717) is 16.3 Å². The second kappa shape index (κ2) is 6.62. The molecule has 1 unspecified atom stereocenters. The van der Waals surface area contributed by atoms with Gasteiger partial charge in [0.15, 0.2) is 0 Å². The van der Waals surface area contributed by atoms with Gasteiger partial charge in [0, 0.05) is 22.8 Å². The molecule has 1 N–H and O–H groups in total. The molecule has 1 amide bonds. The fourth-order valence-corrected chi connectivity index (χ4v) is 2.18. The minimum atomic E-state index is -0.916. The first-order valence-electron chi connectivity index (χ1n) is 6.74. The number of pyridine rings is 1. The second-order valence-corrected chi connectivity index (χ2v) is 5.37. The number of benzene rings is 1. The van der Waals surface area contributed by atoms with Crippen LogP contribution in [0.2, 0.25) is 5.02 Å². The van der Waals surface area contributed by atoms with Crippen molar-refractivity contribution in [3.63, 3.8) is 0 Å². The van der Waals surface area contributed by atoms with Crippen LogP contribution in [0.25, 0.3) is 0 Å². The molecule has 0 bridgehead atoms. The number of aromatic nitrogens is 1. The Morgan fingerprint density at radius 3 is 2.70 bits per heavy atom. The number of halogens is 1. The van der Waals surface area contributed by atoms with Crippen LogP contribution < -0.4 is 10.9 Å². The molecule has 1 heterocycles. The van der Waals surface area contributed by atoms with Crippen molar-refractivity contribution in [2.24, 2.45) is 0 Å². The average Bonchev–Trinajstić information content (AvgIpc) is 2.51. The minimum Gasteiger partial charge on any atom is -0.324 e. The van der Waals surface area contributed by atoms with E-state index >= 15 is 0 Å². The normalized spacial score (nSPS) is 11.8. The first kappa shape index (κ1) is 16.7. The summed E-state index contributed by atoms with van der Waals surface area (Å²) < 4.78 is 1.02. The van der Waals surface area contributed by atoms with Crippen LogP contribution in [0.3, 0.4) is 0 Å². The highest BCUT2D eigenvalue weighted by Crippen LogP contribution is 2.23. The zero-order chi connectivity index (χ0) is 17.1. The molecule has 0 saturated heterocycles. The third-order valence-corrected chi connectivity index (χ3v) is 3.87. The van der Waals surface area contributed by atoms with Gasteiger partial charge in [-0.1, -0.05) is 17.7 Å². The highest BCUT2D eigenvalue weighted by molar-refractivity contribution is 6.31. The van der Waals surface area contributed by atoms with Crippen molar-refractivity contribution in [2.45, 2.75) is 19.9 Å². The van der Waals surface area contributed by atoms with Crippen molar-refractivity contribution < 1.29 is 9.72 Å². The van der Waals surface area contributed by atoms with E-state index in [9.17, 15) is 19.7 Å². The predicted molar refractivity (Wildman–Crippen MR) is 86.9 cm³/mol. The molecule has 1 atom stereocenters. The molecule has 1 aromatic carbocycles. The quantitative estimate of drug-likeness (QED) is 0.686. The van der Waals surface area contributed by atoms with Gasteiger partial charge < -0.3 is 5.32 Å². The van der Waals surface area contributed by atoms with Gasteiger partial charge in [-0.25, -0.2) is 0 Å². The van der Waals surface area contributed by atoms with Crippen LogP contribution >= 0.6 is 11.6 Å². The minimum absolute atomic E-state index is 0.261. The Morgan fingerprint density at radius 1 is 1.35 bits per heavy atom. The van der Waals surface area contributed by atoms with Gasteiger partial charge in [0.2, 0.25) is 5.91 Å². The number of amides is 1. The van der Waals surface area contributed by atoms with Crippen LogP contribution in [0.1, 0.15) is 18.5 Å². The van der Waals surface area contributed by atoms with Gasteiger partial charge in [-0.3, -0.25) is 24.3 Å². The molecule has 0 fully saturated rings. The van der Waals surface area contributed by atoms with Crippen molar-refractivity contribution >= 4 is 28.9 Å².